The molecule has 0 saturated heterocycles. The summed E-state index contributed by atoms with van der Waals surface area (Å²) in [6.07, 6.45) is 3.58. The summed E-state index contributed by atoms with van der Waals surface area (Å²) < 4.78 is 1.66. The largest absolute Gasteiger partial charge is 0.347 e. The van der Waals surface area contributed by atoms with E-state index in [0.29, 0.717) is 5.56 Å². The number of nitrogens with zero attached hydrogens (tertiary/aromatic N) is 2. The second-order valence-corrected chi connectivity index (χ2v) is 5.40. The van der Waals surface area contributed by atoms with Gasteiger partial charge in [0.05, 0.1) is 11.3 Å². The van der Waals surface area contributed by atoms with Crippen LogP contribution in [0, 0.1) is 6.92 Å². The quantitative estimate of drug-likeness (QED) is 0.849. The highest BCUT2D eigenvalue weighted by Crippen LogP contribution is 2.17. The number of aryl methyl sites for hydroxylation is 2. The van der Waals surface area contributed by atoms with Crippen molar-refractivity contribution in [2.24, 2.45) is 7.05 Å². The Kier molecular flexibility index (Phi) is 4.74. The first-order chi connectivity index (χ1) is 7.91. The van der Waals surface area contributed by atoms with Gasteiger partial charge >= 0.3 is 0 Å². The van der Waals surface area contributed by atoms with Gasteiger partial charge in [0, 0.05) is 24.1 Å². The molecule has 0 aliphatic rings. The molecule has 1 unspecified atom stereocenters. The third kappa shape index (κ3) is 3.56. The summed E-state index contributed by atoms with van der Waals surface area (Å²) in [7, 11) is 1.82. The van der Waals surface area contributed by atoms with Crippen LogP contribution in [0.25, 0.3) is 0 Å². The predicted molar refractivity (Wildman–Crippen MR) is 72.5 cm³/mol. The van der Waals surface area contributed by atoms with Gasteiger partial charge in [-0.15, -0.1) is 0 Å². The minimum Gasteiger partial charge on any atom is -0.347 e. The SMILES string of the molecule is CCC(C)(CCBr)NC(=O)c1cn(C)nc1C. The average Bonchev–Trinajstić information content (AvgIpc) is 2.58. The van der Waals surface area contributed by atoms with Crippen molar-refractivity contribution >= 4 is 21.8 Å². The van der Waals surface area contributed by atoms with Crippen molar-refractivity contribution in [1.82, 2.24) is 15.1 Å². The minimum atomic E-state index is -0.164. The molecule has 0 spiro atoms. The number of carbonyl (C=O) groups is 1. The molecule has 5 heteroatoms. The molecular formula is C12H20BrN3O. The Morgan fingerprint density at radius 1 is 1.65 bits per heavy atom. The molecule has 17 heavy (non-hydrogen) atoms. The topological polar surface area (TPSA) is 46.9 Å². The molecule has 0 radical (unpaired) electrons. The lowest BCUT2D eigenvalue weighted by Gasteiger charge is -2.28. The molecule has 0 fully saturated rings. The summed E-state index contributed by atoms with van der Waals surface area (Å²) in [5.41, 5.74) is 1.26. The van der Waals surface area contributed by atoms with Gasteiger partial charge in [-0.2, -0.15) is 5.10 Å². The van der Waals surface area contributed by atoms with E-state index in [-0.39, 0.29) is 11.4 Å². The number of carbonyl (C=O) groups excluding carboxylic acids is 1. The van der Waals surface area contributed by atoms with Crippen molar-refractivity contribution in [3.8, 4) is 0 Å². The van der Waals surface area contributed by atoms with E-state index in [0.717, 1.165) is 23.9 Å². The Morgan fingerprint density at radius 2 is 2.29 bits per heavy atom. The molecule has 96 valence electrons. The molecule has 0 saturated carbocycles. The Morgan fingerprint density at radius 3 is 2.71 bits per heavy atom. The Hall–Kier alpha value is -0.840. The Bertz CT molecular complexity index is 402. The van der Waals surface area contributed by atoms with Crippen LogP contribution in [-0.2, 0) is 7.05 Å². The Balaban J connectivity index is 2.81. The molecular weight excluding hydrogens is 282 g/mol. The summed E-state index contributed by atoms with van der Waals surface area (Å²) in [5.74, 6) is -0.0408. The molecule has 1 N–H and O–H groups in total. The van der Waals surface area contributed by atoms with Gasteiger partial charge in [-0.3, -0.25) is 9.48 Å². The number of amides is 1. The maximum Gasteiger partial charge on any atom is 0.255 e. The number of hydrogen-bond acceptors (Lipinski definition) is 2. The summed E-state index contributed by atoms with van der Waals surface area (Å²) in [6, 6.07) is 0. The molecule has 1 aromatic rings. The fourth-order valence-electron chi connectivity index (χ4n) is 1.70. The minimum absolute atomic E-state index is 0.0408. The smallest absolute Gasteiger partial charge is 0.255 e. The van der Waals surface area contributed by atoms with E-state index < -0.39 is 0 Å². The number of alkyl halides is 1. The Labute approximate surface area is 111 Å². The van der Waals surface area contributed by atoms with Gasteiger partial charge in [0.25, 0.3) is 5.91 Å². The number of aromatic nitrogens is 2. The van der Waals surface area contributed by atoms with Crippen molar-refractivity contribution < 1.29 is 4.79 Å². The fourth-order valence-corrected chi connectivity index (χ4v) is 2.58. The standard InChI is InChI=1S/C12H20BrN3O/c1-5-12(3,6-7-13)14-11(17)10-8-16(4)15-9(10)2/h8H,5-7H2,1-4H3,(H,14,17). The third-order valence-corrected chi connectivity index (χ3v) is 3.50. The fraction of sp³-hybridized carbons (Fsp3) is 0.667. The first kappa shape index (κ1) is 14.2. The lowest BCUT2D eigenvalue weighted by Crippen LogP contribution is -2.45. The first-order valence-electron chi connectivity index (χ1n) is 5.80. The van der Waals surface area contributed by atoms with Gasteiger partial charge in [-0.25, -0.2) is 0 Å². The zero-order chi connectivity index (χ0) is 13.1. The highest BCUT2D eigenvalue weighted by atomic mass is 79.9. The van der Waals surface area contributed by atoms with Crippen molar-refractivity contribution in [1.29, 1.82) is 0 Å². The van der Waals surface area contributed by atoms with Crippen LogP contribution in [0.3, 0.4) is 0 Å². The second kappa shape index (κ2) is 5.67. The summed E-state index contributed by atoms with van der Waals surface area (Å²) in [6.45, 7) is 6.00. The van der Waals surface area contributed by atoms with E-state index in [4.69, 9.17) is 0 Å². The summed E-state index contributed by atoms with van der Waals surface area (Å²) >= 11 is 3.42. The second-order valence-electron chi connectivity index (χ2n) is 4.61. The van der Waals surface area contributed by atoms with E-state index >= 15 is 0 Å². The average molecular weight is 302 g/mol. The van der Waals surface area contributed by atoms with Crippen LogP contribution in [-0.4, -0.2) is 26.6 Å². The van der Waals surface area contributed by atoms with Crippen LogP contribution in [0.4, 0.5) is 0 Å². The first-order valence-corrected chi connectivity index (χ1v) is 6.92. The molecule has 1 amide bonds. The molecule has 1 aromatic heterocycles. The van der Waals surface area contributed by atoms with E-state index in [2.05, 4.69) is 40.2 Å². The molecule has 1 rings (SSSR count). The normalized spacial score (nSPS) is 14.4. The third-order valence-electron chi connectivity index (χ3n) is 3.10. The number of halogens is 1. The maximum atomic E-state index is 12.1. The summed E-state index contributed by atoms with van der Waals surface area (Å²) in [5, 5.41) is 8.15. The van der Waals surface area contributed by atoms with Crippen molar-refractivity contribution in [3.63, 3.8) is 0 Å². The molecule has 0 aliphatic carbocycles. The van der Waals surface area contributed by atoms with Crippen LogP contribution in [0.2, 0.25) is 0 Å². The zero-order valence-corrected chi connectivity index (χ0v) is 12.5. The van der Waals surface area contributed by atoms with Crippen LogP contribution in [0.5, 0.6) is 0 Å². The van der Waals surface area contributed by atoms with E-state index in [9.17, 15) is 4.79 Å². The maximum absolute atomic E-state index is 12.1. The van der Waals surface area contributed by atoms with E-state index in [1.165, 1.54) is 0 Å². The van der Waals surface area contributed by atoms with Crippen LogP contribution < -0.4 is 5.32 Å². The van der Waals surface area contributed by atoms with Gasteiger partial charge in [-0.1, -0.05) is 22.9 Å². The molecule has 4 nitrogen and oxygen atoms in total. The molecule has 1 heterocycles. The van der Waals surface area contributed by atoms with Crippen molar-refractivity contribution in [2.45, 2.75) is 39.2 Å². The van der Waals surface area contributed by atoms with Crippen LogP contribution in [0.1, 0.15) is 42.7 Å². The highest BCUT2D eigenvalue weighted by Gasteiger charge is 2.25. The van der Waals surface area contributed by atoms with Crippen molar-refractivity contribution in [2.75, 3.05) is 5.33 Å². The highest BCUT2D eigenvalue weighted by molar-refractivity contribution is 9.09. The lowest BCUT2D eigenvalue weighted by molar-refractivity contribution is 0.0901. The van der Waals surface area contributed by atoms with Gasteiger partial charge in [0.2, 0.25) is 0 Å². The van der Waals surface area contributed by atoms with E-state index in [1.54, 1.807) is 10.9 Å². The van der Waals surface area contributed by atoms with E-state index in [1.807, 2.05) is 14.0 Å². The van der Waals surface area contributed by atoms with Crippen molar-refractivity contribution in [3.05, 3.63) is 17.5 Å². The predicted octanol–water partition coefficient (Wildman–Crippen LogP) is 2.41. The summed E-state index contributed by atoms with van der Waals surface area (Å²) in [4.78, 5) is 12.1. The number of hydrogen-bond donors (Lipinski definition) is 1. The molecule has 0 bridgehead atoms. The van der Waals surface area contributed by atoms with Crippen LogP contribution in [0.15, 0.2) is 6.20 Å². The zero-order valence-electron chi connectivity index (χ0n) is 10.9. The lowest BCUT2D eigenvalue weighted by atomic mass is 9.95. The molecule has 0 aliphatic heterocycles. The number of rotatable bonds is 5. The van der Waals surface area contributed by atoms with Gasteiger partial charge < -0.3 is 5.32 Å². The molecule has 1 atom stereocenters. The van der Waals surface area contributed by atoms with Gasteiger partial charge in [0.15, 0.2) is 0 Å². The number of nitrogens with one attached hydrogen (secondary N) is 1. The monoisotopic (exact) mass is 301 g/mol. The van der Waals surface area contributed by atoms with Crippen LogP contribution >= 0.6 is 15.9 Å². The van der Waals surface area contributed by atoms with Gasteiger partial charge in [-0.05, 0) is 26.7 Å². The molecule has 0 aromatic carbocycles. The van der Waals surface area contributed by atoms with Gasteiger partial charge in [0.1, 0.15) is 0 Å².